The third-order valence-electron chi connectivity index (χ3n) is 1.49. The largest absolute Gasteiger partial charge is 0.384 e. The van der Waals surface area contributed by atoms with Crippen molar-refractivity contribution in [1.82, 2.24) is 14.6 Å². The molecule has 5 N–H and O–H groups in total. The summed E-state index contributed by atoms with van der Waals surface area (Å²) in [4.78, 5) is 15.1. The summed E-state index contributed by atoms with van der Waals surface area (Å²) in [5, 5.41) is 2.62. The fraction of sp³-hybridized carbons (Fsp3) is 0. The van der Waals surface area contributed by atoms with Crippen LogP contribution >= 0.6 is 0 Å². The van der Waals surface area contributed by atoms with Crippen LogP contribution in [0.1, 0.15) is 0 Å². The number of anilines is 2. The van der Waals surface area contributed by atoms with E-state index in [-0.39, 0.29) is 11.4 Å². The highest BCUT2D eigenvalue weighted by molar-refractivity contribution is 5.50. The predicted octanol–water partition coefficient (Wildman–Crippen LogP) is -0.813. The average Bonchev–Trinajstić information content (AvgIpc) is 2.29. The lowest BCUT2D eigenvalue weighted by Gasteiger charge is -1.92. The number of nitrogens with zero attached hydrogens (tertiary/aromatic N) is 2. The normalized spacial score (nSPS) is 10.7. The molecule has 0 amide bonds. The Kier molecular flexibility index (Phi) is 1.12. The van der Waals surface area contributed by atoms with Crippen molar-refractivity contribution < 1.29 is 0 Å². The zero-order valence-electron chi connectivity index (χ0n) is 6.11. The van der Waals surface area contributed by atoms with Gasteiger partial charge in [0.15, 0.2) is 5.65 Å². The molecule has 0 aliphatic rings. The molecule has 0 bridgehead atoms. The van der Waals surface area contributed by atoms with Crippen LogP contribution in [0.4, 0.5) is 11.6 Å². The standard InChI is InChI=1S/C6H7N5O/c7-3-2-6(12)11-5(9-3)1-4(8)10-11/h1-2,10H,7-8H2. The minimum atomic E-state index is -0.269. The van der Waals surface area contributed by atoms with E-state index in [1.165, 1.54) is 16.6 Å². The van der Waals surface area contributed by atoms with Gasteiger partial charge in [-0.15, -0.1) is 0 Å². The van der Waals surface area contributed by atoms with Crippen molar-refractivity contribution in [2.45, 2.75) is 0 Å². The van der Waals surface area contributed by atoms with E-state index in [0.717, 1.165) is 0 Å². The lowest BCUT2D eigenvalue weighted by atomic mass is 10.5. The molecule has 12 heavy (non-hydrogen) atoms. The molecule has 0 atom stereocenters. The zero-order chi connectivity index (χ0) is 8.72. The van der Waals surface area contributed by atoms with E-state index < -0.39 is 0 Å². The molecular weight excluding hydrogens is 158 g/mol. The Morgan fingerprint density at radius 3 is 2.92 bits per heavy atom. The van der Waals surface area contributed by atoms with Gasteiger partial charge in [-0.05, 0) is 0 Å². The number of fused-ring (bicyclic) bond motifs is 1. The Morgan fingerprint density at radius 1 is 1.42 bits per heavy atom. The smallest absolute Gasteiger partial charge is 0.274 e. The van der Waals surface area contributed by atoms with Crippen LogP contribution in [0.5, 0.6) is 0 Å². The van der Waals surface area contributed by atoms with E-state index >= 15 is 0 Å². The third-order valence-corrected chi connectivity index (χ3v) is 1.49. The summed E-state index contributed by atoms with van der Waals surface area (Å²) in [6.07, 6.45) is 0. The van der Waals surface area contributed by atoms with Crippen LogP contribution < -0.4 is 17.0 Å². The lowest BCUT2D eigenvalue weighted by Crippen LogP contribution is -2.15. The monoisotopic (exact) mass is 165 g/mol. The first-order valence-corrected chi connectivity index (χ1v) is 3.30. The van der Waals surface area contributed by atoms with Crippen LogP contribution in [-0.2, 0) is 0 Å². The molecule has 0 spiro atoms. The molecule has 2 aromatic rings. The van der Waals surface area contributed by atoms with Gasteiger partial charge in [0, 0.05) is 12.1 Å². The van der Waals surface area contributed by atoms with Gasteiger partial charge >= 0.3 is 0 Å². The molecule has 6 nitrogen and oxygen atoms in total. The Morgan fingerprint density at radius 2 is 2.17 bits per heavy atom. The van der Waals surface area contributed by atoms with Gasteiger partial charge in [-0.25, -0.2) is 4.98 Å². The van der Waals surface area contributed by atoms with E-state index in [0.29, 0.717) is 11.5 Å². The molecule has 0 aliphatic carbocycles. The highest BCUT2D eigenvalue weighted by Gasteiger charge is 2.01. The zero-order valence-corrected chi connectivity index (χ0v) is 6.11. The quantitative estimate of drug-likeness (QED) is 0.475. The summed E-state index contributed by atoms with van der Waals surface area (Å²) in [6.45, 7) is 0. The third kappa shape index (κ3) is 0.815. The Balaban J connectivity index is 2.98. The SMILES string of the molecule is Nc1cc(=O)n2[nH]c(N)cc2n1. The number of aromatic nitrogens is 3. The minimum absolute atomic E-state index is 0.194. The van der Waals surface area contributed by atoms with Gasteiger partial charge in [0.25, 0.3) is 5.56 Å². The maximum absolute atomic E-state index is 11.2. The fourth-order valence-electron chi connectivity index (χ4n) is 1.03. The Labute approximate surface area is 66.8 Å². The van der Waals surface area contributed by atoms with E-state index in [2.05, 4.69) is 10.1 Å². The van der Waals surface area contributed by atoms with Crippen LogP contribution in [0, 0.1) is 0 Å². The first-order valence-electron chi connectivity index (χ1n) is 3.30. The van der Waals surface area contributed by atoms with Crippen molar-refractivity contribution in [3.05, 3.63) is 22.5 Å². The van der Waals surface area contributed by atoms with E-state index in [1.54, 1.807) is 0 Å². The maximum Gasteiger partial charge on any atom is 0.274 e. The molecule has 0 aliphatic heterocycles. The molecule has 6 heteroatoms. The second-order valence-corrected chi connectivity index (χ2v) is 2.42. The summed E-state index contributed by atoms with van der Waals surface area (Å²) in [5.74, 6) is 0.573. The summed E-state index contributed by atoms with van der Waals surface area (Å²) in [7, 11) is 0. The van der Waals surface area contributed by atoms with Crippen molar-refractivity contribution in [2.24, 2.45) is 0 Å². The first kappa shape index (κ1) is 6.71. The second-order valence-electron chi connectivity index (χ2n) is 2.42. The summed E-state index contributed by atoms with van der Waals surface area (Å²) in [6, 6.07) is 2.76. The molecule has 2 heterocycles. The van der Waals surface area contributed by atoms with Crippen molar-refractivity contribution in [3.63, 3.8) is 0 Å². The van der Waals surface area contributed by atoms with Gasteiger partial charge < -0.3 is 11.5 Å². The molecule has 0 radical (unpaired) electrons. The molecule has 0 fully saturated rings. The topological polar surface area (TPSA) is 102 Å². The molecule has 62 valence electrons. The first-order chi connectivity index (χ1) is 5.66. The molecule has 2 aromatic heterocycles. The summed E-state index contributed by atoms with van der Waals surface area (Å²) >= 11 is 0. The number of aromatic amines is 1. The van der Waals surface area contributed by atoms with Crippen molar-refractivity contribution in [2.75, 3.05) is 11.5 Å². The van der Waals surface area contributed by atoms with Gasteiger partial charge in [-0.3, -0.25) is 9.89 Å². The van der Waals surface area contributed by atoms with Crippen LogP contribution in [-0.4, -0.2) is 14.6 Å². The number of H-pyrrole nitrogens is 1. The van der Waals surface area contributed by atoms with Crippen molar-refractivity contribution >= 4 is 17.3 Å². The Bertz CT molecular complexity index is 482. The van der Waals surface area contributed by atoms with E-state index in [9.17, 15) is 4.79 Å². The van der Waals surface area contributed by atoms with Crippen molar-refractivity contribution in [3.8, 4) is 0 Å². The van der Waals surface area contributed by atoms with E-state index in [1.807, 2.05) is 0 Å². The van der Waals surface area contributed by atoms with Crippen LogP contribution in [0.15, 0.2) is 16.9 Å². The number of hydrogen-bond acceptors (Lipinski definition) is 4. The van der Waals surface area contributed by atoms with Gasteiger partial charge in [0.1, 0.15) is 11.6 Å². The Hall–Kier alpha value is -1.98. The average molecular weight is 165 g/mol. The number of nitrogens with one attached hydrogen (secondary N) is 1. The molecule has 2 rings (SSSR count). The van der Waals surface area contributed by atoms with Crippen LogP contribution in [0.2, 0.25) is 0 Å². The summed E-state index contributed by atoms with van der Waals surface area (Å²) in [5.41, 5.74) is 10.9. The van der Waals surface area contributed by atoms with Gasteiger partial charge in [0.05, 0.1) is 0 Å². The maximum atomic E-state index is 11.2. The van der Waals surface area contributed by atoms with Gasteiger partial charge in [-0.2, -0.15) is 4.52 Å². The number of nitrogen functional groups attached to an aromatic ring is 2. The molecule has 0 unspecified atom stereocenters. The highest BCUT2D eigenvalue weighted by Crippen LogP contribution is 2.03. The van der Waals surface area contributed by atoms with Crippen molar-refractivity contribution in [1.29, 1.82) is 0 Å². The predicted molar refractivity (Wildman–Crippen MR) is 44.6 cm³/mol. The molecule has 0 saturated heterocycles. The van der Waals surface area contributed by atoms with Crippen LogP contribution in [0.25, 0.3) is 5.65 Å². The van der Waals surface area contributed by atoms with Gasteiger partial charge in [-0.1, -0.05) is 0 Å². The highest BCUT2D eigenvalue weighted by atomic mass is 16.1. The number of nitrogens with two attached hydrogens (primary N) is 2. The van der Waals surface area contributed by atoms with E-state index in [4.69, 9.17) is 11.5 Å². The minimum Gasteiger partial charge on any atom is -0.384 e. The molecular formula is C6H7N5O. The number of rotatable bonds is 0. The summed E-state index contributed by atoms with van der Waals surface area (Å²) < 4.78 is 1.23. The second kappa shape index (κ2) is 2.00. The lowest BCUT2D eigenvalue weighted by molar-refractivity contribution is 0.907. The number of hydrogen-bond donors (Lipinski definition) is 3. The molecule has 0 saturated carbocycles. The van der Waals surface area contributed by atoms with Crippen LogP contribution in [0.3, 0.4) is 0 Å². The molecule has 0 aromatic carbocycles. The van der Waals surface area contributed by atoms with Gasteiger partial charge in [0.2, 0.25) is 0 Å². The fourth-order valence-corrected chi connectivity index (χ4v) is 1.03.